The molecular formula is C21H28O5. The molecular weight excluding hydrogens is 332 g/mol. The van der Waals surface area contributed by atoms with Crippen LogP contribution in [0, 0.1) is 11.8 Å². The molecule has 142 valence electrons. The van der Waals surface area contributed by atoms with Gasteiger partial charge in [0.15, 0.2) is 0 Å². The van der Waals surface area contributed by atoms with Crippen LogP contribution in [0.3, 0.4) is 0 Å². The van der Waals surface area contributed by atoms with Gasteiger partial charge >= 0.3 is 12.1 Å². The standard InChI is InChI=1S/C21H28O5/c1-13(2)16-9-8-15(19(22)24-4)7-5-6-14(3)21-11-10-18(17(21)12-16)25-20(23)26-21/h7,12-13,17-18H,3,5-6,8-11H2,1-2,4H3/b15-7-,16-12-/t17-,18-,21-/m0/s1. The van der Waals surface area contributed by atoms with Crippen molar-refractivity contribution in [1.29, 1.82) is 0 Å². The van der Waals surface area contributed by atoms with Crippen LogP contribution >= 0.6 is 0 Å². The molecule has 2 fully saturated rings. The Morgan fingerprint density at radius 2 is 2.12 bits per heavy atom. The molecule has 3 atom stereocenters. The first-order valence-electron chi connectivity index (χ1n) is 9.43. The van der Waals surface area contributed by atoms with Gasteiger partial charge in [-0.2, -0.15) is 0 Å². The Labute approximate surface area is 155 Å². The molecule has 3 aliphatic rings. The van der Waals surface area contributed by atoms with Gasteiger partial charge in [0.1, 0.15) is 11.7 Å². The molecule has 2 bridgehead atoms. The smallest absolute Gasteiger partial charge is 0.466 e. The lowest BCUT2D eigenvalue weighted by atomic mass is 9.79. The van der Waals surface area contributed by atoms with Crippen molar-refractivity contribution in [2.45, 2.75) is 64.1 Å². The van der Waals surface area contributed by atoms with Gasteiger partial charge in [-0.3, -0.25) is 0 Å². The Morgan fingerprint density at radius 1 is 1.35 bits per heavy atom. The number of rotatable bonds is 2. The van der Waals surface area contributed by atoms with Crippen LogP contribution in [-0.4, -0.2) is 30.9 Å². The van der Waals surface area contributed by atoms with E-state index in [9.17, 15) is 9.59 Å². The van der Waals surface area contributed by atoms with Crippen molar-refractivity contribution in [3.05, 3.63) is 35.5 Å². The first kappa shape index (κ1) is 18.7. The minimum atomic E-state index is -0.677. The number of hydrogen-bond acceptors (Lipinski definition) is 5. The summed E-state index contributed by atoms with van der Waals surface area (Å²) in [5, 5.41) is 0. The van der Waals surface area contributed by atoms with Crippen LogP contribution in [-0.2, 0) is 19.0 Å². The Balaban J connectivity index is 2.00. The summed E-state index contributed by atoms with van der Waals surface area (Å²) < 4.78 is 16.2. The Bertz CT molecular complexity index is 672. The van der Waals surface area contributed by atoms with Crippen LogP contribution in [0.4, 0.5) is 4.79 Å². The van der Waals surface area contributed by atoms with Gasteiger partial charge < -0.3 is 14.2 Å². The molecule has 2 aliphatic carbocycles. The molecule has 0 unspecified atom stereocenters. The largest absolute Gasteiger partial charge is 0.509 e. The van der Waals surface area contributed by atoms with Crippen LogP contribution in [0.15, 0.2) is 35.5 Å². The Kier molecular flexibility index (Phi) is 5.26. The highest BCUT2D eigenvalue weighted by Crippen LogP contribution is 2.51. The zero-order valence-corrected chi connectivity index (χ0v) is 15.9. The van der Waals surface area contributed by atoms with Crippen molar-refractivity contribution >= 4 is 12.1 Å². The number of carbonyl (C=O) groups is 2. The summed E-state index contributed by atoms with van der Waals surface area (Å²) in [6.45, 7) is 8.55. The Hall–Kier alpha value is -2.04. The van der Waals surface area contributed by atoms with Crippen LogP contribution < -0.4 is 0 Å². The highest BCUT2D eigenvalue weighted by atomic mass is 16.7. The van der Waals surface area contributed by atoms with Gasteiger partial charge in [-0.15, -0.1) is 0 Å². The quantitative estimate of drug-likeness (QED) is 0.536. The van der Waals surface area contributed by atoms with E-state index in [0.717, 1.165) is 24.8 Å². The summed E-state index contributed by atoms with van der Waals surface area (Å²) in [6.07, 6.45) is 7.72. The summed E-state index contributed by atoms with van der Waals surface area (Å²) in [7, 11) is 1.41. The SMILES string of the molecule is C=C1CC/C=C(\C(=O)OC)CC/C(C(C)C)=C/[C@H]2[C@@H]3CC[C@]12OC(=O)O3. The number of allylic oxidation sites excluding steroid dienone is 2. The zero-order valence-electron chi connectivity index (χ0n) is 15.9. The minimum Gasteiger partial charge on any atom is -0.466 e. The van der Waals surface area contributed by atoms with Gasteiger partial charge in [0.2, 0.25) is 0 Å². The maximum atomic E-state index is 12.1. The van der Waals surface area contributed by atoms with Gasteiger partial charge in [-0.05, 0) is 50.0 Å². The van der Waals surface area contributed by atoms with Gasteiger partial charge in [-0.1, -0.05) is 38.2 Å². The van der Waals surface area contributed by atoms with Crippen molar-refractivity contribution in [2.75, 3.05) is 7.11 Å². The fraction of sp³-hybridized carbons (Fsp3) is 0.619. The second kappa shape index (κ2) is 7.29. The third kappa shape index (κ3) is 3.31. The second-order valence-electron chi connectivity index (χ2n) is 7.72. The predicted octanol–water partition coefficient (Wildman–Crippen LogP) is 4.48. The van der Waals surface area contributed by atoms with E-state index in [1.54, 1.807) is 0 Å². The monoisotopic (exact) mass is 360 g/mol. The lowest BCUT2D eigenvalue weighted by Gasteiger charge is -2.40. The molecule has 1 saturated carbocycles. The van der Waals surface area contributed by atoms with Crippen LogP contribution in [0.1, 0.15) is 52.4 Å². The minimum absolute atomic E-state index is 0.00947. The molecule has 26 heavy (non-hydrogen) atoms. The summed E-state index contributed by atoms with van der Waals surface area (Å²) in [5.74, 6) is 0.0478. The van der Waals surface area contributed by atoms with Crippen LogP contribution in [0.5, 0.6) is 0 Å². The first-order valence-corrected chi connectivity index (χ1v) is 9.43. The maximum Gasteiger partial charge on any atom is 0.509 e. The van der Waals surface area contributed by atoms with E-state index in [-0.39, 0.29) is 18.0 Å². The Morgan fingerprint density at radius 3 is 2.81 bits per heavy atom. The first-order chi connectivity index (χ1) is 12.4. The fourth-order valence-corrected chi connectivity index (χ4v) is 4.40. The topological polar surface area (TPSA) is 61.8 Å². The molecule has 0 aromatic rings. The molecule has 1 saturated heterocycles. The average molecular weight is 360 g/mol. The molecule has 0 radical (unpaired) electrons. The average Bonchev–Trinajstić information content (AvgIpc) is 2.81. The maximum absolute atomic E-state index is 12.1. The molecule has 0 aromatic heterocycles. The number of hydrogen-bond donors (Lipinski definition) is 0. The van der Waals surface area contributed by atoms with E-state index in [2.05, 4.69) is 26.5 Å². The van der Waals surface area contributed by atoms with E-state index in [0.29, 0.717) is 30.8 Å². The predicted molar refractivity (Wildman–Crippen MR) is 97.4 cm³/mol. The summed E-state index contributed by atoms with van der Waals surface area (Å²) >= 11 is 0. The lowest BCUT2D eigenvalue weighted by molar-refractivity contribution is -0.136. The van der Waals surface area contributed by atoms with Crippen molar-refractivity contribution in [3.63, 3.8) is 0 Å². The zero-order chi connectivity index (χ0) is 18.9. The molecule has 0 N–H and O–H groups in total. The van der Waals surface area contributed by atoms with Crippen LogP contribution in [0.2, 0.25) is 0 Å². The van der Waals surface area contributed by atoms with E-state index >= 15 is 0 Å². The summed E-state index contributed by atoms with van der Waals surface area (Å²) in [4.78, 5) is 24.0. The van der Waals surface area contributed by atoms with Gasteiger partial charge in [-0.25, -0.2) is 9.59 Å². The molecule has 0 amide bonds. The number of carbonyl (C=O) groups excluding carboxylic acids is 2. The molecule has 1 aliphatic heterocycles. The normalized spacial score (nSPS) is 35.8. The van der Waals surface area contributed by atoms with Crippen molar-refractivity contribution in [1.82, 2.24) is 0 Å². The van der Waals surface area contributed by atoms with Gasteiger partial charge in [0, 0.05) is 5.57 Å². The summed E-state index contributed by atoms with van der Waals surface area (Å²) in [5.41, 5.74) is 2.18. The lowest BCUT2D eigenvalue weighted by Crippen LogP contribution is -2.48. The van der Waals surface area contributed by atoms with Crippen LogP contribution in [0.25, 0.3) is 0 Å². The molecule has 5 heteroatoms. The molecule has 3 rings (SSSR count). The number of methoxy groups -OCH3 is 1. The molecule has 5 nitrogen and oxygen atoms in total. The number of ether oxygens (including phenoxy) is 3. The van der Waals surface area contributed by atoms with Crippen molar-refractivity contribution in [2.24, 2.45) is 11.8 Å². The van der Waals surface area contributed by atoms with E-state index in [4.69, 9.17) is 14.2 Å². The summed E-state index contributed by atoms with van der Waals surface area (Å²) in [6, 6.07) is 0. The second-order valence-corrected chi connectivity index (χ2v) is 7.72. The molecule has 0 spiro atoms. The highest BCUT2D eigenvalue weighted by Gasteiger charge is 2.57. The molecule has 1 heterocycles. The fourth-order valence-electron chi connectivity index (χ4n) is 4.40. The van der Waals surface area contributed by atoms with Crippen molar-refractivity contribution in [3.8, 4) is 0 Å². The van der Waals surface area contributed by atoms with Gasteiger partial charge in [0.05, 0.1) is 13.0 Å². The van der Waals surface area contributed by atoms with Crippen molar-refractivity contribution < 1.29 is 23.8 Å². The van der Waals surface area contributed by atoms with E-state index < -0.39 is 11.8 Å². The highest BCUT2D eigenvalue weighted by molar-refractivity contribution is 5.88. The van der Waals surface area contributed by atoms with Gasteiger partial charge in [0.25, 0.3) is 0 Å². The molecule has 0 aromatic carbocycles. The third-order valence-electron chi connectivity index (χ3n) is 5.95. The van der Waals surface area contributed by atoms with E-state index in [1.165, 1.54) is 12.7 Å². The van der Waals surface area contributed by atoms with E-state index in [1.807, 2.05) is 6.08 Å². The third-order valence-corrected chi connectivity index (χ3v) is 5.95. The number of esters is 1.